The van der Waals surface area contributed by atoms with Crippen LogP contribution in [0.25, 0.3) is 11.1 Å². The molecule has 200 valence electrons. The number of aliphatic hydroxyl groups excluding tert-OH is 1. The maximum Gasteiger partial charge on any atom is 0.586 e. The number of hydrogen-bond acceptors (Lipinski definition) is 6. The van der Waals surface area contributed by atoms with E-state index in [1.807, 2.05) is 17.7 Å². The minimum absolute atomic E-state index is 0.0788. The van der Waals surface area contributed by atoms with Gasteiger partial charge in [0.05, 0.1) is 12.3 Å². The molecule has 0 unspecified atom stereocenters. The Kier molecular flexibility index (Phi) is 5.95. The van der Waals surface area contributed by atoms with Gasteiger partial charge in [0.1, 0.15) is 17.3 Å². The van der Waals surface area contributed by atoms with Gasteiger partial charge in [0.15, 0.2) is 11.5 Å². The van der Waals surface area contributed by atoms with Crippen molar-refractivity contribution in [2.45, 2.75) is 32.9 Å². The molecule has 0 saturated heterocycles. The van der Waals surface area contributed by atoms with Crippen molar-refractivity contribution in [1.29, 1.82) is 0 Å². The molecule has 8 nitrogen and oxygen atoms in total. The van der Waals surface area contributed by atoms with Crippen LogP contribution in [0, 0.1) is 12.7 Å². The van der Waals surface area contributed by atoms with Gasteiger partial charge in [-0.15, -0.1) is 8.78 Å². The maximum atomic E-state index is 13.8. The van der Waals surface area contributed by atoms with Crippen molar-refractivity contribution in [3.63, 3.8) is 0 Å². The number of carbonyl (C=O) groups excluding carboxylic acids is 1. The van der Waals surface area contributed by atoms with Gasteiger partial charge in [0, 0.05) is 37.6 Å². The first-order valence-corrected chi connectivity index (χ1v) is 12.2. The number of rotatable bonds is 6. The standard InChI is InChI=1S/C28H23F3N4O4/c1-16-12-32-25(33-22-3-2-4-24-26(22)39-28(30,31)38-24)11-21(16)19-10-23-27(37)35(8-7-34(23)14-19)13-18-9-20(29)6-5-17(18)15-36/h2-6,9-12,14,36H,7-8,13,15H2,1H3,(H,32,33). The molecule has 11 heteroatoms. The van der Waals surface area contributed by atoms with Crippen LogP contribution in [0.2, 0.25) is 0 Å². The highest BCUT2D eigenvalue weighted by Crippen LogP contribution is 2.46. The topological polar surface area (TPSA) is 88.9 Å². The van der Waals surface area contributed by atoms with Crippen LogP contribution in [-0.4, -0.2) is 38.3 Å². The number of benzene rings is 2. The van der Waals surface area contributed by atoms with Crippen molar-refractivity contribution >= 4 is 17.4 Å². The van der Waals surface area contributed by atoms with Gasteiger partial charge in [-0.05, 0) is 65.6 Å². The average molecular weight is 537 g/mol. The number of nitrogens with zero attached hydrogens (tertiary/aromatic N) is 3. The monoisotopic (exact) mass is 536 g/mol. The van der Waals surface area contributed by atoms with Gasteiger partial charge in [-0.1, -0.05) is 12.1 Å². The minimum Gasteiger partial charge on any atom is -0.395 e. The molecule has 2 aliphatic heterocycles. The highest BCUT2D eigenvalue weighted by atomic mass is 19.3. The lowest BCUT2D eigenvalue weighted by molar-refractivity contribution is -0.286. The molecule has 2 aromatic carbocycles. The van der Waals surface area contributed by atoms with Crippen molar-refractivity contribution in [1.82, 2.24) is 14.5 Å². The number of para-hydroxylation sites is 1. The number of aromatic nitrogens is 2. The van der Waals surface area contributed by atoms with Gasteiger partial charge in [-0.25, -0.2) is 9.37 Å². The van der Waals surface area contributed by atoms with E-state index in [-0.39, 0.29) is 36.2 Å². The Morgan fingerprint density at radius 2 is 1.95 bits per heavy atom. The van der Waals surface area contributed by atoms with Crippen LogP contribution < -0.4 is 14.8 Å². The van der Waals surface area contributed by atoms with E-state index in [2.05, 4.69) is 19.8 Å². The molecule has 39 heavy (non-hydrogen) atoms. The SMILES string of the molecule is Cc1cnc(Nc2cccc3c2OC(F)(F)O3)cc1-c1cc2n(c1)CCN(Cc1cc(F)ccc1CO)C2=O. The van der Waals surface area contributed by atoms with Crippen molar-refractivity contribution in [3.05, 3.63) is 89.1 Å². The van der Waals surface area contributed by atoms with E-state index < -0.39 is 12.1 Å². The fourth-order valence-corrected chi connectivity index (χ4v) is 4.87. The van der Waals surface area contributed by atoms with Gasteiger partial charge < -0.3 is 29.4 Å². The molecular formula is C28H23F3N4O4. The first kappa shape index (κ1) is 24.8. The average Bonchev–Trinajstić information content (AvgIpc) is 3.47. The predicted octanol–water partition coefficient (Wildman–Crippen LogP) is 5.21. The molecule has 2 N–H and O–H groups in total. The molecule has 0 saturated carbocycles. The lowest BCUT2D eigenvalue weighted by Gasteiger charge is -2.29. The summed E-state index contributed by atoms with van der Waals surface area (Å²) >= 11 is 0. The smallest absolute Gasteiger partial charge is 0.395 e. The van der Waals surface area contributed by atoms with Crippen LogP contribution in [0.3, 0.4) is 0 Å². The highest BCUT2D eigenvalue weighted by Gasteiger charge is 2.44. The zero-order chi connectivity index (χ0) is 27.3. The summed E-state index contributed by atoms with van der Waals surface area (Å²) in [6, 6.07) is 12.2. The summed E-state index contributed by atoms with van der Waals surface area (Å²) < 4.78 is 52.1. The van der Waals surface area contributed by atoms with E-state index in [9.17, 15) is 23.1 Å². The molecule has 4 heterocycles. The second kappa shape index (κ2) is 9.35. The van der Waals surface area contributed by atoms with Gasteiger partial charge >= 0.3 is 6.29 Å². The van der Waals surface area contributed by atoms with Crippen molar-refractivity contribution < 1.29 is 32.5 Å². The molecule has 0 aliphatic carbocycles. The third kappa shape index (κ3) is 4.65. The van der Waals surface area contributed by atoms with Gasteiger partial charge in [-0.3, -0.25) is 4.79 Å². The summed E-state index contributed by atoms with van der Waals surface area (Å²) in [4.78, 5) is 19.3. The Bertz CT molecular complexity index is 1600. The lowest BCUT2D eigenvalue weighted by Crippen LogP contribution is -2.39. The van der Waals surface area contributed by atoms with Gasteiger partial charge in [0.25, 0.3) is 5.91 Å². The number of pyridine rings is 1. The van der Waals surface area contributed by atoms with E-state index in [0.717, 1.165) is 16.7 Å². The number of halogens is 3. The Hall–Kier alpha value is -4.51. The van der Waals surface area contributed by atoms with Gasteiger partial charge in [0.2, 0.25) is 0 Å². The van der Waals surface area contributed by atoms with Crippen LogP contribution in [0.1, 0.15) is 27.2 Å². The summed E-state index contributed by atoms with van der Waals surface area (Å²) in [6.07, 6.45) is -0.208. The number of fused-ring (bicyclic) bond motifs is 2. The second-order valence-corrected chi connectivity index (χ2v) is 9.42. The Morgan fingerprint density at radius 3 is 2.77 bits per heavy atom. The van der Waals surface area contributed by atoms with Crippen molar-refractivity contribution in [2.75, 3.05) is 11.9 Å². The maximum absolute atomic E-state index is 13.8. The molecule has 0 radical (unpaired) electrons. The molecular weight excluding hydrogens is 513 g/mol. The third-order valence-corrected chi connectivity index (χ3v) is 6.82. The number of anilines is 2. The molecule has 0 spiro atoms. The summed E-state index contributed by atoms with van der Waals surface area (Å²) in [5.74, 6) is -0.432. The van der Waals surface area contributed by atoms with Crippen molar-refractivity contribution in [3.8, 4) is 22.6 Å². The zero-order valence-corrected chi connectivity index (χ0v) is 20.7. The number of aliphatic hydroxyl groups is 1. The number of alkyl halides is 2. The van der Waals surface area contributed by atoms with E-state index in [1.165, 1.54) is 24.3 Å². The second-order valence-electron chi connectivity index (χ2n) is 9.42. The molecule has 6 rings (SSSR count). The molecule has 2 aliphatic rings. The number of hydrogen-bond donors (Lipinski definition) is 2. The number of carbonyl (C=O) groups is 1. The number of nitrogens with one attached hydrogen (secondary N) is 1. The number of aryl methyl sites for hydroxylation is 1. The van der Waals surface area contributed by atoms with E-state index >= 15 is 0 Å². The van der Waals surface area contributed by atoms with Crippen molar-refractivity contribution in [2.24, 2.45) is 0 Å². The van der Waals surface area contributed by atoms with E-state index in [4.69, 9.17) is 0 Å². The van der Waals surface area contributed by atoms with Crippen LogP contribution in [0.15, 0.2) is 60.9 Å². The highest BCUT2D eigenvalue weighted by molar-refractivity contribution is 5.95. The Balaban J connectivity index is 1.26. The molecule has 0 fully saturated rings. The predicted molar refractivity (Wildman–Crippen MR) is 135 cm³/mol. The Morgan fingerprint density at radius 1 is 1.10 bits per heavy atom. The molecule has 1 amide bonds. The first-order valence-electron chi connectivity index (χ1n) is 12.2. The van der Waals surface area contributed by atoms with Crippen LogP contribution >= 0.6 is 0 Å². The largest absolute Gasteiger partial charge is 0.586 e. The van der Waals surface area contributed by atoms with Gasteiger partial charge in [-0.2, -0.15) is 0 Å². The Labute approximate surface area is 221 Å². The third-order valence-electron chi connectivity index (χ3n) is 6.82. The minimum atomic E-state index is -3.74. The number of ether oxygens (including phenoxy) is 2. The summed E-state index contributed by atoms with van der Waals surface area (Å²) in [7, 11) is 0. The summed E-state index contributed by atoms with van der Waals surface area (Å²) in [6.45, 7) is 2.79. The molecule has 4 aromatic rings. The quantitative estimate of drug-likeness (QED) is 0.352. The van der Waals surface area contributed by atoms with Crippen LogP contribution in [0.4, 0.5) is 24.7 Å². The van der Waals surface area contributed by atoms with E-state index in [1.54, 1.807) is 35.4 Å². The van der Waals surface area contributed by atoms with Crippen LogP contribution in [-0.2, 0) is 19.7 Å². The lowest BCUT2D eigenvalue weighted by atomic mass is 10.0. The number of amides is 1. The fraction of sp³-hybridized carbons (Fsp3) is 0.214. The first-order chi connectivity index (χ1) is 18.7. The summed E-state index contributed by atoms with van der Waals surface area (Å²) in [5, 5.41) is 12.6. The molecule has 0 bridgehead atoms. The zero-order valence-electron chi connectivity index (χ0n) is 20.7. The molecule has 2 aromatic heterocycles. The van der Waals surface area contributed by atoms with Crippen LogP contribution in [0.5, 0.6) is 11.5 Å². The normalized spacial score (nSPS) is 15.4. The fourth-order valence-electron chi connectivity index (χ4n) is 4.87. The van der Waals surface area contributed by atoms with E-state index in [0.29, 0.717) is 35.7 Å². The molecule has 0 atom stereocenters. The summed E-state index contributed by atoms with van der Waals surface area (Å²) in [5.41, 5.74) is 4.33.